The van der Waals surface area contributed by atoms with Gasteiger partial charge in [0, 0.05) is 11.3 Å². The molecule has 114 valence electrons. The first-order valence-electron chi connectivity index (χ1n) is 6.34. The Labute approximate surface area is 126 Å². The number of hydrogen-bond acceptors (Lipinski definition) is 4. The van der Waals surface area contributed by atoms with Crippen LogP contribution in [0.3, 0.4) is 0 Å². The second-order valence-electron chi connectivity index (χ2n) is 4.35. The number of aliphatic carboxylic acids is 2. The standard InChI is InChI=1S/C14H17NO5S/c1-21-11-7-3-2-5-9(11)13(18)15-10(14(19)20)6-4-8-12(16)17/h2-3,5,7,10H,4,6,8H2,1H3,(H,15,18)(H,16,17)(H,19,20)/t10-/m1/s1. The first-order chi connectivity index (χ1) is 9.95. The Bertz CT molecular complexity index is 532. The first kappa shape index (κ1) is 17.0. The summed E-state index contributed by atoms with van der Waals surface area (Å²) in [5.74, 6) is -2.63. The van der Waals surface area contributed by atoms with Gasteiger partial charge in [0.15, 0.2) is 0 Å². The predicted molar refractivity (Wildman–Crippen MR) is 78.6 cm³/mol. The predicted octanol–water partition coefficient (Wildman–Crippen LogP) is 1.85. The van der Waals surface area contributed by atoms with Crippen molar-refractivity contribution in [3.8, 4) is 0 Å². The van der Waals surface area contributed by atoms with Crippen LogP contribution in [0.2, 0.25) is 0 Å². The summed E-state index contributed by atoms with van der Waals surface area (Å²) in [5, 5.41) is 20.1. The highest BCUT2D eigenvalue weighted by atomic mass is 32.2. The summed E-state index contributed by atoms with van der Waals surface area (Å²) in [7, 11) is 0. The number of carbonyl (C=O) groups excluding carboxylic acids is 1. The van der Waals surface area contributed by atoms with Crippen LogP contribution in [0.15, 0.2) is 29.2 Å². The fourth-order valence-electron chi connectivity index (χ4n) is 1.78. The molecule has 0 aliphatic rings. The number of carboxylic acids is 2. The number of benzene rings is 1. The maximum absolute atomic E-state index is 12.1. The summed E-state index contributed by atoms with van der Waals surface area (Å²) in [6.45, 7) is 0. The Hall–Kier alpha value is -2.02. The van der Waals surface area contributed by atoms with Gasteiger partial charge in [-0.2, -0.15) is 0 Å². The summed E-state index contributed by atoms with van der Waals surface area (Å²) >= 11 is 1.40. The first-order valence-corrected chi connectivity index (χ1v) is 7.56. The van der Waals surface area contributed by atoms with Crippen molar-refractivity contribution in [1.82, 2.24) is 5.32 Å². The molecule has 1 atom stereocenters. The summed E-state index contributed by atoms with van der Waals surface area (Å²) < 4.78 is 0. The van der Waals surface area contributed by atoms with E-state index in [4.69, 9.17) is 10.2 Å². The molecule has 0 aliphatic heterocycles. The summed E-state index contributed by atoms with van der Waals surface area (Å²) in [4.78, 5) is 34.5. The number of carboxylic acid groups (broad SMARTS) is 2. The topological polar surface area (TPSA) is 104 Å². The molecule has 0 spiro atoms. The molecule has 1 rings (SSSR count). The van der Waals surface area contributed by atoms with Gasteiger partial charge in [0.05, 0.1) is 5.56 Å². The van der Waals surface area contributed by atoms with Crippen molar-refractivity contribution in [2.24, 2.45) is 0 Å². The van der Waals surface area contributed by atoms with Crippen LogP contribution in [-0.2, 0) is 9.59 Å². The molecule has 1 aromatic carbocycles. The number of thioether (sulfide) groups is 1. The Morgan fingerprint density at radius 1 is 1.24 bits per heavy atom. The molecule has 0 unspecified atom stereocenters. The smallest absolute Gasteiger partial charge is 0.326 e. The molecule has 21 heavy (non-hydrogen) atoms. The van der Waals surface area contributed by atoms with E-state index in [9.17, 15) is 14.4 Å². The molecule has 0 bridgehead atoms. The molecule has 0 fully saturated rings. The van der Waals surface area contributed by atoms with E-state index in [1.54, 1.807) is 24.3 Å². The second kappa shape index (κ2) is 8.31. The van der Waals surface area contributed by atoms with Gasteiger partial charge in [0.2, 0.25) is 0 Å². The van der Waals surface area contributed by atoms with Gasteiger partial charge in [-0.1, -0.05) is 12.1 Å². The molecule has 0 aromatic heterocycles. The average Bonchev–Trinajstić information content (AvgIpc) is 2.45. The Balaban J connectivity index is 2.72. The van der Waals surface area contributed by atoms with Crippen LogP contribution in [0.5, 0.6) is 0 Å². The lowest BCUT2D eigenvalue weighted by atomic mass is 10.1. The average molecular weight is 311 g/mol. The maximum Gasteiger partial charge on any atom is 0.326 e. The fraction of sp³-hybridized carbons (Fsp3) is 0.357. The monoisotopic (exact) mass is 311 g/mol. The SMILES string of the molecule is CSc1ccccc1C(=O)N[C@H](CCCC(=O)O)C(=O)O. The summed E-state index contributed by atoms with van der Waals surface area (Å²) in [6.07, 6.45) is 1.97. The van der Waals surface area contributed by atoms with Crippen LogP contribution >= 0.6 is 11.8 Å². The molecule has 7 heteroatoms. The molecule has 0 heterocycles. The van der Waals surface area contributed by atoms with Crippen molar-refractivity contribution in [1.29, 1.82) is 0 Å². The van der Waals surface area contributed by atoms with Gasteiger partial charge >= 0.3 is 11.9 Å². The van der Waals surface area contributed by atoms with Crippen LogP contribution in [-0.4, -0.2) is 40.4 Å². The lowest BCUT2D eigenvalue weighted by Gasteiger charge is -2.15. The van der Waals surface area contributed by atoms with Crippen LogP contribution in [0, 0.1) is 0 Å². The van der Waals surface area contributed by atoms with E-state index in [1.807, 2.05) is 6.26 Å². The highest BCUT2D eigenvalue weighted by Crippen LogP contribution is 2.19. The van der Waals surface area contributed by atoms with Gasteiger partial charge in [-0.3, -0.25) is 9.59 Å². The number of carbonyl (C=O) groups is 3. The summed E-state index contributed by atoms with van der Waals surface area (Å²) in [5.41, 5.74) is 0.412. The molecule has 1 amide bonds. The fourth-order valence-corrected chi connectivity index (χ4v) is 2.38. The number of nitrogens with one attached hydrogen (secondary N) is 1. The van der Waals surface area contributed by atoms with E-state index < -0.39 is 23.9 Å². The molecule has 0 saturated carbocycles. The van der Waals surface area contributed by atoms with Gasteiger partial charge in [-0.25, -0.2) is 4.79 Å². The van der Waals surface area contributed by atoms with Crippen LogP contribution < -0.4 is 5.32 Å². The van der Waals surface area contributed by atoms with Gasteiger partial charge in [-0.15, -0.1) is 11.8 Å². The van der Waals surface area contributed by atoms with E-state index in [0.717, 1.165) is 4.90 Å². The minimum absolute atomic E-state index is 0.0782. The molecule has 1 aromatic rings. The molecule has 6 nitrogen and oxygen atoms in total. The van der Waals surface area contributed by atoms with Crippen LogP contribution in [0.4, 0.5) is 0 Å². The van der Waals surface area contributed by atoms with E-state index >= 15 is 0 Å². The van der Waals surface area contributed by atoms with Gasteiger partial charge < -0.3 is 15.5 Å². The number of rotatable bonds is 8. The van der Waals surface area contributed by atoms with E-state index in [-0.39, 0.29) is 19.3 Å². The Morgan fingerprint density at radius 2 is 1.90 bits per heavy atom. The molecular formula is C14H17NO5S. The Morgan fingerprint density at radius 3 is 2.48 bits per heavy atom. The molecule has 0 aliphatic carbocycles. The highest BCUT2D eigenvalue weighted by molar-refractivity contribution is 7.98. The third-order valence-corrected chi connectivity index (χ3v) is 3.63. The zero-order valence-corrected chi connectivity index (χ0v) is 12.4. The number of amides is 1. The van der Waals surface area contributed by atoms with Gasteiger partial charge in [0.25, 0.3) is 5.91 Å². The molecule has 3 N–H and O–H groups in total. The molecule has 0 radical (unpaired) electrons. The summed E-state index contributed by atoms with van der Waals surface area (Å²) in [6, 6.07) is 5.81. The van der Waals surface area contributed by atoms with E-state index in [1.165, 1.54) is 11.8 Å². The highest BCUT2D eigenvalue weighted by Gasteiger charge is 2.21. The third-order valence-electron chi connectivity index (χ3n) is 2.84. The van der Waals surface area contributed by atoms with Crippen molar-refractivity contribution in [2.75, 3.05) is 6.26 Å². The lowest BCUT2D eigenvalue weighted by molar-refractivity contribution is -0.140. The lowest BCUT2D eigenvalue weighted by Crippen LogP contribution is -2.41. The van der Waals surface area contributed by atoms with Crippen molar-refractivity contribution in [3.05, 3.63) is 29.8 Å². The quantitative estimate of drug-likeness (QED) is 0.633. The molecule has 0 saturated heterocycles. The van der Waals surface area contributed by atoms with Crippen molar-refractivity contribution in [3.63, 3.8) is 0 Å². The van der Waals surface area contributed by atoms with Crippen molar-refractivity contribution < 1.29 is 24.6 Å². The minimum atomic E-state index is -1.17. The van der Waals surface area contributed by atoms with Gasteiger partial charge in [-0.05, 0) is 31.2 Å². The Kier molecular flexibility index (Phi) is 6.74. The maximum atomic E-state index is 12.1. The van der Waals surface area contributed by atoms with E-state index in [0.29, 0.717) is 5.56 Å². The van der Waals surface area contributed by atoms with Crippen LogP contribution in [0.25, 0.3) is 0 Å². The number of hydrogen-bond donors (Lipinski definition) is 3. The zero-order chi connectivity index (χ0) is 15.8. The molecular weight excluding hydrogens is 294 g/mol. The van der Waals surface area contributed by atoms with Crippen molar-refractivity contribution in [2.45, 2.75) is 30.2 Å². The van der Waals surface area contributed by atoms with Gasteiger partial charge in [0.1, 0.15) is 6.04 Å². The minimum Gasteiger partial charge on any atom is -0.481 e. The van der Waals surface area contributed by atoms with Crippen LogP contribution in [0.1, 0.15) is 29.6 Å². The van der Waals surface area contributed by atoms with E-state index in [2.05, 4.69) is 5.32 Å². The normalized spacial score (nSPS) is 11.7. The van der Waals surface area contributed by atoms with Crippen molar-refractivity contribution >= 4 is 29.6 Å². The second-order valence-corrected chi connectivity index (χ2v) is 5.20. The largest absolute Gasteiger partial charge is 0.481 e. The third kappa shape index (κ3) is 5.47. The zero-order valence-electron chi connectivity index (χ0n) is 11.5.